The lowest BCUT2D eigenvalue weighted by molar-refractivity contribution is -0.125. The minimum Gasteiger partial charge on any atom is -0.375 e. The van der Waals surface area contributed by atoms with Crippen LogP contribution in [0.3, 0.4) is 0 Å². The normalized spacial score (nSPS) is 12.2. The quantitative estimate of drug-likeness (QED) is 0.845. The summed E-state index contributed by atoms with van der Waals surface area (Å²) in [5.41, 5.74) is 3.62. The van der Waals surface area contributed by atoms with Crippen molar-refractivity contribution in [1.29, 1.82) is 0 Å². The number of hydrogen-bond acceptors (Lipinski definition) is 2. The Balaban J connectivity index is 2.69. The molecule has 1 atom stereocenters. The van der Waals surface area contributed by atoms with Gasteiger partial charge in [0.1, 0.15) is 6.61 Å². The monoisotopic (exact) mass is 221 g/mol. The third-order valence-electron chi connectivity index (χ3n) is 2.68. The van der Waals surface area contributed by atoms with Crippen LogP contribution in [-0.2, 0) is 9.53 Å². The van der Waals surface area contributed by atoms with Crippen LogP contribution in [0.5, 0.6) is 0 Å². The molecule has 16 heavy (non-hydrogen) atoms. The highest BCUT2D eigenvalue weighted by molar-refractivity contribution is 5.77. The highest BCUT2D eigenvalue weighted by Gasteiger charge is 2.09. The minimum absolute atomic E-state index is 0.0157. The van der Waals surface area contributed by atoms with E-state index in [2.05, 4.69) is 31.3 Å². The molecule has 0 radical (unpaired) electrons. The molecular formula is C13H19NO2. The van der Waals surface area contributed by atoms with E-state index in [1.807, 2.05) is 13.0 Å². The van der Waals surface area contributed by atoms with Gasteiger partial charge < -0.3 is 10.1 Å². The molecule has 0 saturated heterocycles. The standard InChI is InChI=1S/C13H19NO2/c1-9-5-6-12(7-10(9)2)11(3)14-13(15)8-16-4/h5-7,11H,8H2,1-4H3,(H,14,15)/t11-/m0/s1. The predicted molar refractivity (Wildman–Crippen MR) is 64.3 cm³/mol. The molecule has 0 aromatic heterocycles. The second kappa shape index (κ2) is 5.66. The molecule has 0 saturated carbocycles. The number of methoxy groups -OCH3 is 1. The molecule has 1 amide bonds. The van der Waals surface area contributed by atoms with Crippen molar-refractivity contribution in [2.24, 2.45) is 0 Å². The second-order valence-electron chi connectivity index (χ2n) is 4.07. The Hall–Kier alpha value is -1.35. The Labute approximate surface area is 96.8 Å². The van der Waals surface area contributed by atoms with Gasteiger partial charge in [-0.1, -0.05) is 18.2 Å². The molecule has 0 unspecified atom stereocenters. The number of benzene rings is 1. The predicted octanol–water partition coefficient (Wildman–Crippen LogP) is 2.13. The summed E-state index contributed by atoms with van der Waals surface area (Å²) in [4.78, 5) is 11.3. The van der Waals surface area contributed by atoms with Gasteiger partial charge in [-0.3, -0.25) is 4.79 Å². The van der Waals surface area contributed by atoms with Crippen molar-refractivity contribution in [3.63, 3.8) is 0 Å². The van der Waals surface area contributed by atoms with Crippen molar-refractivity contribution in [1.82, 2.24) is 5.32 Å². The summed E-state index contributed by atoms with van der Waals surface area (Å²) in [6.45, 7) is 6.22. The molecule has 1 N–H and O–H groups in total. The SMILES string of the molecule is COCC(=O)N[C@@H](C)c1ccc(C)c(C)c1. The summed E-state index contributed by atoms with van der Waals surface area (Å²) < 4.78 is 4.77. The van der Waals surface area contributed by atoms with E-state index in [0.29, 0.717) is 0 Å². The van der Waals surface area contributed by atoms with E-state index in [4.69, 9.17) is 4.74 Å². The molecule has 0 aliphatic carbocycles. The first-order valence-electron chi connectivity index (χ1n) is 5.40. The summed E-state index contributed by atoms with van der Waals surface area (Å²) in [6, 6.07) is 6.23. The molecule has 3 nitrogen and oxygen atoms in total. The largest absolute Gasteiger partial charge is 0.375 e. The maximum absolute atomic E-state index is 11.3. The smallest absolute Gasteiger partial charge is 0.246 e. The average molecular weight is 221 g/mol. The molecular weight excluding hydrogens is 202 g/mol. The van der Waals surface area contributed by atoms with E-state index >= 15 is 0 Å². The molecule has 1 aromatic rings. The van der Waals surface area contributed by atoms with Gasteiger partial charge in [0.05, 0.1) is 6.04 Å². The van der Waals surface area contributed by atoms with Crippen molar-refractivity contribution in [2.75, 3.05) is 13.7 Å². The third kappa shape index (κ3) is 3.35. The van der Waals surface area contributed by atoms with Crippen LogP contribution in [0.2, 0.25) is 0 Å². The van der Waals surface area contributed by atoms with Crippen LogP contribution < -0.4 is 5.32 Å². The molecule has 0 fully saturated rings. The van der Waals surface area contributed by atoms with Crippen molar-refractivity contribution in [2.45, 2.75) is 26.8 Å². The zero-order valence-electron chi connectivity index (χ0n) is 10.3. The highest BCUT2D eigenvalue weighted by Crippen LogP contribution is 2.16. The first kappa shape index (κ1) is 12.7. The molecule has 0 heterocycles. The first-order chi connectivity index (χ1) is 7.54. The van der Waals surface area contributed by atoms with Crippen molar-refractivity contribution in [3.05, 3.63) is 34.9 Å². The first-order valence-corrected chi connectivity index (χ1v) is 5.40. The van der Waals surface area contributed by atoms with Crippen molar-refractivity contribution in [3.8, 4) is 0 Å². The summed E-state index contributed by atoms with van der Waals surface area (Å²) in [5.74, 6) is -0.0896. The number of amides is 1. The lowest BCUT2D eigenvalue weighted by Gasteiger charge is -2.15. The van der Waals surface area contributed by atoms with E-state index in [1.54, 1.807) is 0 Å². The Morgan fingerprint density at radius 3 is 2.62 bits per heavy atom. The van der Waals surface area contributed by atoms with E-state index in [-0.39, 0.29) is 18.6 Å². The van der Waals surface area contributed by atoms with Crippen LogP contribution in [0.1, 0.15) is 29.7 Å². The Morgan fingerprint density at radius 1 is 1.38 bits per heavy atom. The number of ether oxygens (including phenoxy) is 1. The molecule has 0 spiro atoms. The summed E-state index contributed by atoms with van der Waals surface area (Å²) in [5, 5.41) is 2.88. The molecule has 1 aromatic carbocycles. The van der Waals surface area contributed by atoms with Gasteiger partial charge in [-0.2, -0.15) is 0 Å². The molecule has 88 valence electrons. The summed E-state index contributed by atoms with van der Waals surface area (Å²) in [6.07, 6.45) is 0. The summed E-state index contributed by atoms with van der Waals surface area (Å²) >= 11 is 0. The van der Waals surface area contributed by atoms with E-state index in [0.717, 1.165) is 5.56 Å². The van der Waals surface area contributed by atoms with E-state index < -0.39 is 0 Å². The number of carbonyl (C=O) groups is 1. The minimum atomic E-state index is -0.0896. The zero-order chi connectivity index (χ0) is 12.1. The Kier molecular flexibility index (Phi) is 4.50. The molecule has 1 rings (SSSR count). The van der Waals surface area contributed by atoms with Gasteiger partial charge in [-0.15, -0.1) is 0 Å². The van der Waals surface area contributed by atoms with Gasteiger partial charge >= 0.3 is 0 Å². The van der Waals surface area contributed by atoms with Crippen LogP contribution in [0.15, 0.2) is 18.2 Å². The Morgan fingerprint density at radius 2 is 2.06 bits per heavy atom. The fraction of sp³-hybridized carbons (Fsp3) is 0.462. The maximum Gasteiger partial charge on any atom is 0.246 e. The van der Waals surface area contributed by atoms with Gasteiger partial charge in [0, 0.05) is 7.11 Å². The second-order valence-corrected chi connectivity index (χ2v) is 4.07. The fourth-order valence-electron chi connectivity index (χ4n) is 1.53. The van der Waals surface area contributed by atoms with Crippen LogP contribution >= 0.6 is 0 Å². The number of nitrogens with one attached hydrogen (secondary N) is 1. The van der Waals surface area contributed by atoms with E-state index in [9.17, 15) is 4.79 Å². The average Bonchev–Trinajstić information content (AvgIpc) is 2.22. The number of aryl methyl sites for hydroxylation is 2. The number of rotatable bonds is 4. The highest BCUT2D eigenvalue weighted by atomic mass is 16.5. The van der Waals surface area contributed by atoms with Gasteiger partial charge in [0.2, 0.25) is 5.91 Å². The van der Waals surface area contributed by atoms with Crippen LogP contribution in [-0.4, -0.2) is 19.6 Å². The van der Waals surface area contributed by atoms with Gasteiger partial charge in [0.15, 0.2) is 0 Å². The van der Waals surface area contributed by atoms with Crippen LogP contribution in [0.25, 0.3) is 0 Å². The lowest BCUT2D eigenvalue weighted by atomic mass is 10.0. The van der Waals surface area contributed by atoms with Crippen LogP contribution in [0, 0.1) is 13.8 Å². The molecule has 0 bridgehead atoms. The van der Waals surface area contributed by atoms with Gasteiger partial charge in [-0.05, 0) is 37.5 Å². The van der Waals surface area contributed by atoms with Crippen molar-refractivity contribution < 1.29 is 9.53 Å². The van der Waals surface area contributed by atoms with E-state index in [1.165, 1.54) is 18.2 Å². The molecule has 0 aliphatic heterocycles. The molecule has 3 heteroatoms. The summed E-state index contributed by atoms with van der Waals surface area (Å²) in [7, 11) is 1.51. The Bertz CT molecular complexity index is 374. The maximum atomic E-state index is 11.3. The van der Waals surface area contributed by atoms with Crippen molar-refractivity contribution >= 4 is 5.91 Å². The van der Waals surface area contributed by atoms with Gasteiger partial charge in [0.25, 0.3) is 0 Å². The number of carbonyl (C=O) groups excluding carboxylic acids is 1. The number of hydrogen-bond donors (Lipinski definition) is 1. The van der Waals surface area contributed by atoms with Gasteiger partial charge in [-0.25, -0.2) is 0 Å². The topological polar surface area (TPSA) is 38.3 Å². The lowest BCUT2D eigenvalue weighted by Crippen LogP contribution is -2.29. The van der Waals surface area contributed by atoms with Crippen LogP contribution in [0.4, 0.5) is 0 Å². The zero-order valence-corrected chi connectivity index (χ0v) is 10.3. The third-order valence-corrected chi connectivity index (χ3v) is 2.68. The molecule has 0 aliphatic rings. The fourth-order valence-corrected chi connectivity index (χ4v) is 1.53.